The van der Waals surface area contributed by atoms with Crippen LogP contribution in [0.15, 0.2) is 211 Å². The maximum atomic E-state index is 6.12. The lowest BCUT2D eigenvalue weighted by Crippen LogP contribution is -2.04. The molecule has 11 aromatic rings. The second kappa shape index (κ2) is 13.3. The molecule has 0 spiro atoms. The molecule has 0 aliphatic heterocycles. The molecule has 3 heterocycles. The molecule has 1 aliphatic carbocycles. The SMILES string of the molecule is c1ccc(-c2nnc(-c3ccc(-c4ccc5c(c4)-c4c(n(-c6ccccc6)c6ccccc46)-c4ccccc4-c4c-5c5ccccc5n4-c4ccccc4)cc3)o2)cc1. The first-order valence-corrected chi connectivity index (χ1v) is 19.9. The van der Waals surface area contributed by atoms with Gasteiger partial charge < -0.3 is 13.6 Å². The van der Waals surface area contributed by atoms with Crippen LogP contribution in [0.1, 0.15) is 0 Å². The monoisotopic (exact) mass is 754 g/mol. The molecule has 276 valence electrons. The van der Waals surface area contributed by atoms with Crippen molar-refractivity contribution in [2.75, 3.05) is 0 Å². The molecule has 1 aliphatic rings. The minimum atomic E-state index is 0.493. The van der Waals surface area contributed by atoms with Gasteiger partial charge in [-0.25, -0.2) is 0 Å². The Kier molecular flexibility index (Phi) is 7.47. The van der Waals surface area contributed by atoms with E-state index < -0.39 is 0 Å². The van der Waals surface area contributed by atoms with Gasteiger partial charge in [0.25, 0.3) is 0 Å². The number of hydrogen-bond acceptors (Lipinski definition) is 3. The second-order valence-electron chi connectivity index (χ2n) is 15.0. The van der Waals surface area contributed by atoms with Crippen molar-refractivity contribution < 1.29 is 4.42 Å². The summed E-state index contributed by atoms with van der Waals surface area (Å²) >= 11 is 0. The molecule has 0 saturated carbocycles. The first kappa shape index (κ1) is 33.2. The lowest BCUT2D eigenvalue weighted by molar-refractivity contribution is 0.584. The van der Waals surface area contributed by atoms with Crippen molar-refractivity contribution >= 4 is 21.8 Å². The fraction of sp³-hybridized carbons (Fsp3) is 0. The van der Waals surface area contributed by atoms with Crippen molar-refractivity contribution in [3.8, 4) is 90.2 Å². The Morgan fingerprint density at radius 2 is 0.746 bits per heavy atom. The van der Waals surface area contributed by atoms with Gasteiger partial charge in [-0.1, -0.05) is 140 Å². The van der Waals surface area contributed by atoms with E-state index in [9.17, 15) is 0 Å². The molecule has 3 aromatic heterocycles. The second-order valence-corrected chi connectivity index (χ2v) is 15.0. The molecule has 0 bridgehead atoms. The molecule has 0 unspecified atom stereocenters. The van der Waals surface area contributed by atoms with E-state index in [1.807, 2.05) is 30.3 Å². The van der Waals surface area contributed by atoms with Crippen molar-refractivity contribution in [3.63, 3.8) is 0 Å². The van der Waals surface area contributed by atoms with Crippen molar-refractivity contribution in [3.05, 3.63) is 206 Å². The molecule has 0 fully saturated rings. The smallest absolute Gasteiger partial charge is 0.248 e. The van der Waals surface area contributed by atoms with Gasteiger partial charge in [-0.15, -0.1) is 10.2 Å². The van der Waals surface area contributed by atoms with Crippen molar-refractivity contribution in [1.29, 1.82) is 0 Å². The highest BCUT2D eigenvalue weighted by Crippen LogP contribution is 2.55. The van der Waals surface area contributed by atoms with Gasteiger partial charge in [-0.3, -0.25) is 0 Å². The molecule has 59 heavy (non-hydrogen) atoms. The largest absolute Gasteiger partial charge is 0.416 e. The summed E-state index contributed by atoms with van der Waals surface area (Å²) in [5.41, 5.74) is 18.1. The Morgan fingerprint density at radius 1 is 0.322 bits per heavy atom. The average Bonchev–Trinajstić information content (AvgIpc) is 4.03. The zero-order valence-electron chi connectivity index (χ0n) is 31.8. The fourth-order valence-corrected chi connectivity index (χ4v) is 9.11. The Morgan fingerprint density at radius 3 is 1.31 bits per heavy atom. The highest BCUT2D eigenvalue weighted by Gasteiger charge is 2.32. The summed E-state index contributed by atoms with van der Waals surface area (Å²) in [4.78, 5) is 0. The van der Waals surface area contributed by atoms with Crippen LogP contribution < -0.4 is 0 Å². The number of fused-ring (bicyclic) bond motifs is 12. The summed E-state index contributed by atoms with van der Waals surface area (Å²) in [6.07, 6.45) is 0. The van der Waals surface area contributed by atoms with Crippen LogP contribution >= 0.6 is 0 Å². The number of aromatic nitrogens is 4. The Hall–Kier alpha value is -8.02. The van der Waals surface area contributed by atoms with Gasteiger partial charge in [0, 0.05) is 55.5 Å². The fourth-order valence-electron chi connectivity index (χ4n) is 9.11. The van der Waals surface area contributed by atoms with Gasteiger partial charge in [0.15, 0.2) is 0 Å². The summed E-state index contributed by atoms with van der Waals surface area (Å²) in [7, 11) is 0. The zero-order chi connectivity index (χ0) is 38.9. The van der Waals surface area contributed by atoms with E-state index in [2.05, 4.69) is 195 Å². The van der Waals surface area contributed by atoms with E-state index in [4.69, 9.17) is 4.42 Å². The molecule has 0 saturated heterocycles. The Bertz CT molecular complexity index is 3360. The van der Waals surface area contributed by atoms with Gasteiger partial charge in [0.05, 0.1) is 22.4 Å². The van der Waals surface area contributed by atoms with Gasteiger partial charge in [0.2, 0.25) is 11.8 Å². The number of para-hydroxylation sites is 4. The van der Waals surface area contributed by atoms with Crippen LogP contribution in [0.4, 0.5) is 0 Å². The predicted octanol–water partition coefficient (Wildman–Crippen LogP) is 13.9. The quantitative estimate of drug-likeness (QED) is 0.176. The average molecular weight is 755 g/mol. The lowest BCUT2D eigenvalue weighted by atomic mass is 9.83. The summed E-state index contributed by atoms with van der Waals surface area (Å²) in [5.74, 6) is 0.999. The van der Waals surface area contributed by atoms with Gasteiger partial charge in [-0.05, 0) is 89.0 Å². The van der Waals surface area contributed by atoms with Crippen LogP contribution in [0.25, 0.3) is 112 Å². The molecule has 0 N–H and O–H groups in total. The topological polar surface area (TPSA) is 48.8 Å². The predicted molar refractivity (Wildman–Crippen MR) is 240 cm³/mol. The van der Waals surface area contributed by atoms with Gasteiger partial charge >= 0.3 is 0 Å². The van der Waals surface area contributed by atoms with E-state index in [0.717, 1.165) is 39.1 Å². The Labute approximate surface area is 340 Å². The third-order valence-electron chi connectivity index (χ3n) is 11.7. The molecule has 12 rings (SSSR count). The molecule has 5 heteroatoms. The molecule has 5 nitrogen and oxygen atoms in total. The van der Waals surface area contributed by atoms with Crippen LogP contribution in [-0.4, -0.2) is 19.3 Å². The highest BCUT2D eigenvalue weighted by atomic mass is 16.4. The van der Waals surface area contributed by atoms with Gasteiger partial charge in [0.1, 0.15) is 0 Å². The van der Waals surface area contributed by atoms with E-state index in [0.29, 0.717) is 11.8 Å². The number of benzene rings is 8. The summed E-state index contributed by atoms with van der Waals surface area (Å²) in [6, 6.07) is 73.6. The molecular weight excluding hydrogens is 721 g/mol. The van der Waals surface area contributed by atoms with Crippen molar-refractivity contribution in [1.82, 2.24) is 19.3 Å². The third kappa shape index (κ3) is 5.18. The van der Waals surface area contributed by atoms with Crippen LogP contribution in [-0.2, 0) is 0 Å². The van der Waals surface area contributed by atoms with E-state index in [-0.39, 0.29) is 0 Å². The van der Waals surface area contributed by atoms with Gasteiger partial charge in [-0.2, -0.15) is 0 Å². The lowest BCUT2D eigenvalue weighted by Gasteiger charge is -2.23. The van der Waals surface area contributed by atoms with Crippen molar-refractivity contribution in [2.45, 2.75) is 0 Å². The maximum absolute atomic E-state index is 6.12. The van der Waals surface area contributed by atoms with Crippen molar-refractivity contribution in [2.24, 2.45) is 0 Å². The maximum Gasteiger partial charge on any atom is 0.248 e. The molecule has 8 aromatic carbocycles. The van der Waals surface area contributed by atoms with Crippen LogP contribution in [0.2, 0.25) is 0 Å². The normalized spacial score (nSPS) is 11.7. The number of rotatable bonds is 5. The Balaban J connectivity index is 1.15. The van der Waals surface area contributed by atoms with E-state index >= 15 is 0 Å². The van der Waals surface area contributed by atoms with Crippen LogP contribution in [0.5, 0.6) is 0 Å². The summed E-state index contributed by atoms with van der Waals surface area (Å²) in [5, 5.41) is 11.1. The minimum absolute atomic E-state index is 0.493. The molecule has 0 atom stereocenters. The standard InChI is InChI=1S/C54H34N4O/c1-4-16-36(17-5-1)53-55-56-54(59-53)37-30-28-35(29-31-37)38-32-33-41-46(34-38)50-45-25-13-15-27-48(45)58(40-20-8-3-9-21-40)52(50)43-23-11-10-22-42(43)51-49(41)44-24-12-14-26-47(44)57(51)39-18-6-2-7-19-39/h1-34H. The summed E-state index contributed by atoms with van der Waals surface area (Å²) < 4.78 is 11.0. The molecular formula is C54H34N4O. The first-order chi connectivity index (χ1) is 29.3. The molecule has 0 amide bonds. The highest BCUT2D eigenvalue weighted by molar-refractivity contribution is 6.17. The zero-order valence-corrected chi connectivity index (χ0v) is 31.8. The number of nitrogens with zero attached hydrogens (tertiary/aromatic N) is 4. The third-order valence-corrected chi connectivity index (χ3v) is 11.7. The summed E-state index contributed by atoms with van der Waals surface area (Å²) in [6.45, 7) is 0. The first-order valence-electron chi connectivity index (χ1n) is 19.9. The van der Waals surface area contributed by atoms with E-state index in [1.165, 1.54) is 61.1 Å². The van der Waals surface area contributed by atoms with Crippen LogP contribution in [0, 0.1) is 0 Å². The minimum Gasteiger partial charge on any atom is -0.416 e. The van der Waals surface area contributed by atoms with E-state index in [1.54, 1.807) is 0 Å². The molecule has 0 radical (unpaired) electrons. The number of hydrogen-bond donors (Lipinski definition) is 0. The van der Waals surface area contributed by atoms with Crippen LogP contribution in [0.3, 0.4) is 0 Å².